The summed E-state index contributed by atoms with van der Waals surface area (Å²) in [5.74, 6) is 0. The molecular formula is C13H12Cl3N3. The lowest BCUT2D eigenvalue weighted by Gasteiger charge is -2.15. The van der Waals surface area contributed by atoms with Gasteiger partial charge in [-0.05, 0) is 25.0 Å². The van der Waals surface area contributed by atoms with Gasteiger partial charge in [-0.15, -0.1) is 10.2 Å². The molecule has 19 heavy (non-hydrogen) atoms. The van der Waals surface area contributed by atoms with Crippen molar-refractivity contribution >= 4 is 51.3 Å². The number of halogens is 3. The van der Waals surface area contributed by atoms with Crippen molar-refractivity contribution < 1.29 is 0 Å². The zero-order valence-electron chi connectivity index (χ0n) is 10.1. The maximum atomic E-state index is 6.27. The summed E-state index contributed by atoms with van der Waals surface area (Å²) in [6.45, 7) is 0. The third kappa shape index (κ3) is 2.60. The third-order valence-corrected chi connectivity index (χ3v) is 4.31. The topological polar surface area (TPSA) is 37.8 Å². The smallest absolute Gasteiger partial charge is 0.161 e. The Hall–Kier alpha value is -0.770. The minimum absolute atomic E-state index is 0.275. The number of nitrogens with zero attached hydrogens (tertiary/aromatic N) is 2. The van der Waals surface area contributed by atoms with Crippen LogP contribution in [0.1, 0.15) is 25.7 Å². The van der Waals surface area contributed by atoms with Crippen LogP contribution in [-0.4, -0.2) is 16.2 Å². The molecule has 1 aromatic carbocycles. The second-order valence-corrected chi connectivity index (χ2v) is 5.91. The number of anilines is 1. The predicted molar refractivity (Wildman–Crippen MR) is 80.4 cm³/mol. The Labute approximate surface area is 126 Å². The van der Waals surface area contributed by atoms with E-state index < -0.39 is 0 Å². The Morgan fingerprint density at radius 1 is 1.00 bits per heavy atom. The van der Waals surface area contributed by atoms with Gasteiger partial charge in [0.2, 0.25) is 0 Å². The number of benzene rings is 1. The van der Waals surface area contributed by atoms with Gasteiger partial charge in [-0.3, -0.25) is 0 Å². The van der Waals surface area contributed by atoms with Crippen molar-refractivity contribution in [2.75, 3.05) is 5.32 Å². The van der Waals surface area contributed by atoms with Crippen LogP contribution in [0.15, 0.2) is 12.1 Å². The first kappa shape index (κ1) is 13.2. The molecule has 0 radical (unpaired) electrons. The summed E-state index contributed by atoms with van der Waals surface area (Å²) in [7, 11) is 0. The molecule has 0 spiro atoms. The second-order valence-electron chi connectivity index (χ2n) is 4.79. The van der Waals surface area contributed by atoms with E-state index in [1.165, 1.54) is 25.7 Å². The molecular weight excluding hydrogens is 305 g/mol. The second kappa shape index (κ2) is 5.31. The number of fused-ring (bicyclic) bond motifs is 1. The molecule has 3 rings (SSSR count). The van der Waals surface area contributed by atoms with Crippen molar-refractivity contribution in [3.63, 3.8) is 0 Å². The molecule has 1 aromatic heterocycles. The average molecular weight is 317 g/mol. The number of hydrogen-bond acceptors (Lipinski definition) is 3. The Morgan fingerprint density at radius 3 is 2.42 bits per heavy atom. The molecule has 1 N–H and O–H groups in total. The molecule has 6 heteroatoms. The van der Waals surface area contributed by atoms with Gasteiger partial charge in [-0.25, -0.2) is 0 Å². The fraction of sp³-hybridized carbons (Fsp3) is 0.385. The Bertz CT molecular complexity index is 624. The molecule has 3 nitrogen and oxygen atoms in total. The van der Waals surface area contributed by atoms with Crippen LogP contribution in [0, 0.1) is 0 Å². The molecule has 1 aliphatic carbocycles. The highest BCUT2D eigenvalue weighted by Crippen LogP contribution is 2.35. The SMILES string of the molecule is Clc1nnc(Cl)c2c(Cl)cc(NC3CCCC3)cc12. The van der Waals surface area contributed by atoms with E-state index in [2.05, 4.69) is 15.5 Å². The number of aromatic nitrogens is 2. The highest BCUT2D eigenvalue weighted by Gasteiger charge is 2.16. The van der Waals surface area contributed by atoms with Crippen molar-refractivity contribution in [3.8, 4) is 0 Å². The summed E-state index contributed by atoms with van der Waals surface area (Å²) in [5.41, 5.74) is 0.954. The monoisotopic (exact) mass is 315 g/mol. The van der Waals surface area contributed by atoms with Crippen molar-refractivity contribution in [2.45, 2.75) is 31.7 Å². The average Bonchev–Trinajstić information content (AvgIpc) is 2.86. The van der Waals surface area contributed by atoms with E-state index in [-0.39, 0.29) is 5.15 Å². The Balaban J connectivity index is 2.05. The summed E-state index contributed by atoms with van der Waals surface area (Å²) in [6.07, 6.45) is 4.94. The number of hydrogen-bond donors (Lipinski definition) is 1. The largest absolute Gasteiger partial charge is 0.382 e. The molecule has 1 fully saturated rings. The Morgan fingerprint density at radius 2 is 1.68 bits per heavy atom. The lowest BCUT2D eigenvalue weighted by molar-refractivity contribution is 0.756. The van der Waals surface area contributed by atoms with Gasteiger partial charge in [0, 0.05) is 22.5 Å². The van der Waals surface area contributed by atoms with Crippen LogP contribution >= 0.6 is 34.8 Å². The lowest BCUT2D eigenvalue weighted by Crippen LogP contribution is -2.14. The molecule has 0 atom stereocenters. The van der Waals surface area contributed by atoms with Crippen LogP contribution in [0.25, 0.3) is 10.8 Å². The summed E-state index contributed by atoms with van der Waals surface area (Å²) in [5, 5.41) is 13.6. The zero-order chi connectivity index (χ0) is 13.4. The Kier molecular flexibility index (Phi) is 3.70. The van der Waals surface area contributed by atoms with Crippen molar-refractivity contribution in [2.24, 2.45) is 0 Å². The van der Waals surface area contributed by atoms with E-state index in [0.717, 1.165) is 11.1 Å². The number of rotatable bonds is 2. The van der Waals surface area contributed by atoms with Gasteiger partial charge in [0.25, 0.3) is 0 Å². The standard InChI is InChI=1S/C13H12Cl3N3/c14-10-6-8(17-7-3-1-2-4-7)5-9-11(10)13(16)19-18-12(9)15/h5-7,17H,1-4H2. The molecule has 1 saturated carbocycles. The van der Waals surface area contributed by atoms with Crippen LogP contribution in [0.5, 0.6) is 0 Å². The van der Waals surface area contributed by atoms with Gasteiger partial charge < -0.3 is 5.32 Å². The zero-order valence-corrected chi connectivity index (χ0v) is 12.4. The minimum atomic E-state index is 0.275. The summed E-state index contributed by atoms with van der Waals surface area (Å²) >= 11 is 18.4. The minimum Gasteiger partial charge on any atom is -0.382 e. The van der Waals surface area contributed by atoms with Gasteiger partial charge in [-0.2, -0.15) is 0 Å². The molecule has 0 amide bonds. The molecule has 0 bridgehead atoms. The normalized spacial score (nSPS) is 16.2. The first-order chi connectivity index (χ1) is 9.15. The third-order valence-electron chi connectivity index (χ3n) is 3.47. The fourth-order valence-electron chi connectivity index (χ4n) is 2.56. The van der Waals surface area contributed by atoms with E-state index in [0.29, 0.717) is 21.6 Å². The molecule has 1 heterocycles. The van der Waals surface area contributed by atoms with Crippen molar-refractivity contribution in [1.82, 2.24) is 10.2 Å². The van der Waals surface area contributed by atoms with Gasteiger partial charge in [0.05, 0.1) is 5.02 Å². The van der Waals surface area contributed by atoms with E-state index in [1.807, 2.05) is 12.1 Å². The molecule has 0 aliphatic heterocycles. The van der Waals surface area contributed by atoms with Crippen molar-refractivity contribution in [3.05, 3.63) is 27.5 Å². The van der Waals surface area contributed by atoms with Crippen LogP contribution in [0.2, 0.25) is 15.3 Å². The van der Waals surface area contributed by atoms with E-state index in [1.54, 1.807) is 0 Å². The maximum Gasteiger partial charge on any atom is 0.161 e. The quantitative estimate of drug-likeness (QED) is 0.852. The van der Waals surface area contributed by atoms with Crippen LogP contribution < -0.4 is 5.32 Å². The highest BCUT2D eigenvalue weighted by molar-refractivity contribution is 6.44. The van der Waals surface area contributed by atoms with Gasteiger partial charge in [-0.1, -0.05) is 47.6 Å². The number of nitrogens with one attached hydrogen (secondary N) is 1. The molecule has 0 saturated heterocycles. The lowest BCUT2D eigenvalue weighted by atomic mass is 10.1. The molecule has 1 aliphatic rings. The first-order valence-corrected chi connectivity index (χ1v) is 7.36. The van der Waals surface area contributed by atoms with E-state index >= 15 is 0 Å². The van der Waals surface area contributed by atoms with Crippen molar-refractivity contribution in [1.29, 1.82) is 0 Å². The van der Waals surface area contributed by atoms with Gasteiger partial charge in [0.15, 0.2) is 10.3 Å². The van der Waals surface area contributed by atoms with Gasteiger partial charge >= 0.3 is 0 Å². The van der Waals surface area contributed by atoms with Gasteiger partial charge in [0.1, 0.15) is 0 Å². The van der Waals surface area contributed by atoms with E-state index in [4.69, 9.17) is 34.8 Å². The summed E-state index contributed by atoms with van der Waals surface area (Å²) in [4.78, 5) is 0. The van der Waals surface area contributed by atoms with Crippen LogP contribution in [0.4, 0.5) is 5.69 Å². The van der Waals surface area contributed by atoms with Crippen LogP contribution in [0.3, 0.4) is 0 Å². The summed E-state index contributed by atoms with van der Waals surface area (Å²) < 4.78 is 0. The summed E-state index contributed by atoms with van der Waals surface area (Å²) in [6, 6.07) is 4.31. The molecule has 100 valence electrons. The fourth-order valence-corrected chi connectivity index (χ4v) is 3.35. The first-order valence-electron chi connectivity index (χ1n) is 6.22. The van der Waals surface area contributed by atoms with E-state index in [9.17, 15) is 0 Å². The van der Waals surface area contributed by atoms with Crippen LogP contribution in [-0.2, 0) is 0 Å². The highest BCUT2D eigenvalue weighted by atomic mass is 35.5. The maximum absolute atomic E-state index is 6.27. The molecule has 2 aromatic rings. The predicted octanol–water partition coefficient (Wildman–Crippen LogP) is 4.94. The molecule has 0 unspecified atom stereocenters.